The Labute approximate surface area is 132 Å². The highest BCUT2D eigenvalue weighted by Crippen LogP contribution is 2.19. The average molecular weight is 311 g/mol. The molecule has 0 fully saturated rings. The Morgan fingerprint density at radius 3 is 2.26 bits per heavy atom. The molecule has 0 bridgehead atoms. The van der Waals surface area contributed by atoms with Crippen LogP contribution >= 0.6 is 0 Å². The number of nitrogens with zero attached hydrogens (tertiary/aromatic N) is 3. The minimum atomic E-state index is -0.293. The average Bonchev–Trinajstić information content (AvgIpc) is 2.58. The molecule has 2 aromatic carbocycles. The van der Waals surface area contributed by atoms with Crippen LogP contribution in [0.5, 0.6) is 5.75 Å². The molecule has 0 radical (unpaired) electrons. The lowest BCUT2D eigenvalue weighted by Gasteiger charge is -2.08. The van der Waals surface area contributed by atoms with Gasteiger partial charge >= 0.3 is 0 Å². The molecule has 0 aliphatic heterocycles. The third-order valence-corrected chi connectivity index (χ3v) is 3.02. The molecule has 7 heteroatoms. The van der Waals surface area contributed by atoms with E-state index in [2.05, 4.69) is 25.8 Å². The lowest BCUT2D eigenvalue weighted by atomic mass is 10.3. The molecule has 0 aliphatic carbocycles. The fourth-order valence-electron chi connectivity index (χ4n) is 1.90. The van der Waals surface area contributed by atoms with E-state index < -0.39 is 0 Å². The molecular formula is C16H14FN5O. The predicted molar refractivity (Wildman–Crippen MR) is 85.8 cm³/mol. The minimum absolute atomic E-state index is 0.293. The number of nitrogens with one attached hydrogen (secondary N) is 2. The van der Waals surface area contributed by atoms with Crippen LogP contribution in [0.4, 0.5) is 27.5 Å². The number of methoxy groups -OCH3 is 1. The van der Waals surface area contributed by atoms with Crippen LogP contribution in [-0.2, 0) is 0 Å². The Balaban J connectivity index is 1.72. The van der Waals surface area contributed by atoms with Gasteiger partial charge in [-0.1, -0.05) is 0 Å². The van der Waals surface area contributed by atoms with Gasteiger partial charge in [-0.15, -0.1) is 5.10 Å². The summed E-state index contributed by atoms with van der Waals surface area (Å²) in [6, 6.07) is 13.3. The van der Waals surface area contributed by atoms with Gasteiger partial charge in [0.1, 0.15) is 11.6 Å². The summed E-state index contributed by atoms with van der Waals surface area (Å²) in [6.07, 6.45) is 1.49. The summed E-state index contributed by atoms with van der Waals surface area (Å²) in [4.78, 5) is 4.31. The lowest BCUT2D eigenvalue weighted by molar-refractivity contribution is 0.415. The Kier molecular flexibility index (Phi) is 4.28. The molecule has 0 amide bonds. The Morgan fingerprint density at radius 1 is 0.913 bits per heavy atom. The van der Waals surface area contributed by atoms with Crippen LogP contribution in [0.3, 0.4) is 0 Å². The summed E-state index contributed by atoms with van der Waals surface area (Å²) in [6.45, 7) is 0. The zero-order valence-corrected chi connectivity index (χ0v) is 12.3. The summed E-state index contributed by atoms with van der Waals surface area (Å²) < 4.78 is 18.0. The van der Waals surface area contributed by atoms with Crippen molar-refractivity contribution in [1.29, 1.82) is 0 Å². The van der Waals surface area contributed by atoms with Crippen molar-refractivity contribution in [1.82, 2.24) is 15.2 Å². The fourth-order valence-corrected chi connectivity index (χ4v) is 1.90. The van der Waals surface area contributed by atoms with Gasteiger partial charge in [-0.25, -0.2) is 4.39 Å². The molecule has 1 heterocycles. The Morgan fingerprint density at radius 2 is 1.57 bits per heavy atom. The molecule has 0 saturated carbocycles. The van der Waals surface area contributed by atoms with Crippen LogP contribution in [0.15, 0.2) is 54.7 Å². The lowest BCUT2D eigenvalue weighted by Crippen LogP contribution is -2.02. The third kappa shape index (κ3) is 3.91. The highest BCUT2D eigenvalue weighted by molar-refractivity contribution is 5.58. The van der Waals surface area contributed by atoms with Gasteiger partial charge in [-0.2, -0.15) is 10.1 Å². The molecule has 3 rings (SSSR count). The Hall–Kier alpha value is -3.22. The predicted octanol–water partition coefficient (Wildman–Crippen LogP) is 3.51. The number of hydrogen-bond donors (Lipinski definition) is 2. The molecule has 0 unspecified atom stereocenters. The van der Waals surface area contributed by atoms with Crippen molar-refractivity contribution in [3.8, 4) is 5.75 Å². The summed E-state index contributed by atoms with van der Waals surface area (Å²) in [5.41, 5.74) is 1.52. The number of halogens is 1. The third-order valence-electron chi connectivity index (χ3n) is 3.02. The van der Waals surface area contributed by atoms with Gasteiger partial charge in [0.2, 0.25) is 5.95 Å². The SMILES string of the molecule is COc1ccc(Nc2nncc(Nc3ccc(F)cc3)n2)cc1. The van der Waals surface area contributed by atoms with Crippen LogP contribution in [0.25, 0.3) is 0 Å². The van der Waals surface area contributed by atoms with Crippen LogP contribution < -0.4 is 15.4 Å². The maximum Gasteiger partial charge on any atom is 0.249 e. The quantitative estimate of drug-likeness (QED) is 0.751. The number of ether oxygens (including phenoxy) is 1. The van der Waals surface area contributed by atoms with E-state index >= 15 is 0 Å². The van der Waals surface area contributed by atoms with Crippen LogP contribution in [0.2, 0.25) is 0 Å². The largest absolute Gasteiger partial charge is 0.497 e. The van der Waals surface area contributed by atoms with E-state index in [9.17, 15) is 4.39 Å². The van der Waals surface area contributed by atoms with Crippen molar-refractivity contribution in [2.45, 2.75) is 0 Å². The summed E-state index contributed by atoms with van der Waals surface area (Å²) in [5.74, 6) is 1.32. The standard InChI is InChI=1S/C16H14FN5O/c1-23-14-8-6-13(7-9-14)20-16-21-15(10-18-22-16)19-12-4-2-11(17)3-5-12/h2-10H,1H3,(H2,19,20,21,22). The number of benzene rings is 2. The summed E-state index contributed by atoms with van der Waals surface area (Å²) in [7, 11) is 1.61. The van der Waals surface area contributed by atoms with E-state index in [1.54, 1.807) is 19.2 Å². The van der Waals surface area contributed by atoms with Crippen LogP contribution in [-0.4, -0.2) is 22.3 Å². The van der Waals surface area contributed by atoms with Crippen molar-refractivity contribution in [2.24, 2.45) is 0 Å². The molecule has 116 valence electrons. The molecule has 3 aromatic rings. The second-order valence-corrected chi connectivity index (χ2v) is 4.65. The highest BCUT2D eigenvalue weighted by atomic mass is 19.1. The normalized spacial score (nSPS) is 10.2. The minimum Gasteiger partial charge on any atom is -0.497 e. The van der Waals surface area contributed by atoms with E-state index in [-0.39, 0.29) is 5.82 Å². The molecule has 0 aliphatic rings. The van der Waals surface area contributed by atoms with E-state index in [4.69, 9.17) is 4.74 Å². The maximum absolute atomic E-state index is 12.9. The van der Waals surface area contributed by atoms with Gasteiger partial charge < -0.3 is 15.4 Å². The van der Waals surface area contributed by atoms with Gasteiger partial charge in [0, 0.05) is 11.4 Å². The second-order valence-electron chi connectivity index (χ2n) is 4.65. The summed E-state index contributed by atoms with van der Waals surface area (Å²) in [5, 5.41) is 13.9. The first-order chi connectivity index (χ1) is 11.2. The molecule has 6 nitrogen and oxygen atoms in total. The van der Waals surface area contributed by atoms with Crippen molar-refractivity contribution >= 4 is 23.1 Å². The first-order valence-corrected chi connectivity index (χ1v) is 6.86. The molecule has 23 heavy (non-hydrogen) atoms. The fraction of sp³-hybridized carbons (Fsp3) is 0.0625. The zero-order chi connectivity index (χ0) is 16.1. The van der Waals surface area contributed by atoms with Crippen molar-refractivity contribution < 1.29 is 9.13 Å². The van der Waals surface area contributed by atoms with Gasteiger partial charge in [-0.3, -0.25) is 0 Å². The van der Waals surface area contributed by atoms with E-state index in [0.717, 1.165) is 11.4 Å². The second kappa shape index (κ2) is 6.69. The Bertz CT molecular complexity index is 777. The zero-order valence-electron chi connectivity index (χ0n) is 12.3. The molecule has 0 atom stereocenters. The van der Waals surface area contributed by atoms with Crippen molar-refractivity contribution in [3.63, 3.8) is 0 Å². The molecule has 0 spiro atoms. The topological polar surface area (TPSA) is 72.0 Å². The number of hydrogen-bond acceptors (Lipinski definition) is 6. The van der Waals surface area contributed by atoms with Crippen LogP contribution in [0, 0.1) is 5.82 Å². The highest BCUT2D eigenvalue weighted by Gasteiger charge is 2.03. The van der Waals surface area contributed by atoms with E-state index in [1.807, 2.05) is 24.3 Å². The number of rotatable bonds is 5. The maximum atomic E-state index is 12.9. The monoisotopic (exact) mass is 311 g/mol. The van der Waals surface area contributed by atoms with Crippen LogP contribution in [0.1, 0.15) is 0 Å². The van der Waals surface area contributed by atoms with Gasteiger partial charge in [0.15, 0.2) is 5.82 Å². The summed E-state index contributed by atoms with van der Waals surface area (Å²) >= 11 is 0. The van der Waals surface area contributed by atoms with Gasteiger partial charge in [-0.05, 0) is 48.5 Å². The first-order valence-electron chi connectivity index (χ1n) is 6.86. The molecule has 0 saturated heterocycles. The smallest absolute Gasteiger partial charge is 0.249 e. The van der Waals surface area contributed by atoms with Gasteiger partial charge in [0.25, 0.3) is 0 Å². The number of aromatic nitrogens is 3. The first kappa shape index (κ1) is 14.7. The molecule has 2 N–H and O–H groups in total. The molecule has 1 aromatic heterocycles. The molecular weight excluding hydrogens is 297 g/mol. The van der Waals surface area contributed by atoms with E-state index in [0.29, 0.717) is 17.5 Å². The van der Waals surface area contributed by atoms with Crippen molar-refractivity contribution in [2.75, 3.05) is 17.7 Å². The van der Waals surface area contributed by atoms with Crippen molar-refractivity contribution in [3.05, 3.63) is 60.5 Å². The number of anilines is 4. The van der Waals surface area contributed by atoms with E-state index in [1.165, 1.54) is 18.3 Å². The van der Waals surface area contributed by atoms with Gasteiger partial charge in [0.05, 0.1) is 13.3 Å².